The van der Waals surface area contributed by atoms with E-state index in [0.29, 0.717) is 0 Å². The van der Waals surface area contributed by atoms with Crippen molar-refractivity contribution in [2.24, 2.45) is 0 Å². The molecule has 0 radical (unpaired) electrons. The first-order valence-electron chi connectivity index (χ1n) is 4.76. The van der Waals surface area contributed by atoms with E-state index in [1.807, 2.05) is 12.1 Å². The van der Waals surface area contributed by atoms with Crippen LogP contribution in [0.5, 0.6) is 0 Å². The molecule has 4 nitrogen and oxygen atoms in total. The standard InChI is InChI=1S/C12H10N2O2/c15-12(16)9-1-3-10(4-2-9)14-11-5-7-13-8-6-11/h1-8H,(H,13,14)(H,15,16). The average molecular weight is 214 g/mol. The fraction of sp³-hybridized carbons (Fsp3) is 0. The molecule has 0 atom stereocenters. The van der Waals surface area contributed by atoms with Gasteiger partial charge in [-0.25, -0.2) is 4.79 Å². The molecule has 1 aromatic carbocycles. The molecular weight excluding hydrogens is 204 g/mol. The highest BCUT2D eigenvalue weighted by atomic mass is 16.4. The summed E-state index contributed by atoms with van der Waals surface area (Å²) in [6, 6.07) is 10.3. The SMILES string of the molecule is O=C(O)c1ccc(Nc2ccncc2)cc1. The van der Waals surface area contributed by atoms with E-state index in [1.165, 1.54) is 0 Å². The van der Waals surface area contributed by atoms with E-state index in [1.54, 1.807) is 36.7 Å². The van der Waals surface area contributed by atoms with Crippen LogP contribution in [0.25, 0.3) is 0 Å². The first kappa shape index (κ1) is 10.2. The van der Waals surface area contributed by atoms with Crippen LogP contribution in [-0.2, 0) is 0 Å². The second kappa shape index (κ2) is 4.44. The van der Waals surface area contributed by atoms with Crippen LogP contribution in [0.4, 0.5) is 11.4 Å². The van der Waals surface area contributed by atoms with E-state index in [0.717, 1.165) is 11.4 Å². The number of rotatable bonds is 3. The number of pyridine rings is 1. The molecule has 0 aliphatic heterocycles. The number of benzene rings is 1. The number of nitrogens with zero attached hydrogens (tertiary/aromatic N) is 1. The second-order valence-corrected chi connectivity index (χ2v) is 3.24. The van der Waals surface area contributed by atoms with E-state index in [-0.39, 0.29) is 5.56 Å². The summed E-state index contributed by atoms with van der Waals surface area (Å²) < 4.78 is 0. The summed E-state index contributed by atoms with van der Waals surface area (Å²) in [5.74, 6) is -0.921. The normalized spacial score (nSPS) is 9.75. The molecule has 0 aliphatic rings. The Bertz CT molecular complexity index is 480. The molecule has 0 aliphatic carbocycles. The zero-order chi connectivity index (χ0) is 11.4. The molecule has 0 fully saturated rings. The van der Waals surface area contributed by atoms with E-state index in [9.17, 15) is 4.79 Å². The molecular formula is C12H10N2O2. The van der Waals surface area contributed by atoms with Gasteiger partial charge in [0.1, 0.15) is 0 Å². The molecule has 2 rings (SSSR count). The first-order valence-corrected chi connectivity index (χ1v) is 4.76. The Hall–Kier alpha value is -2.36. The van der Waals surface area contributed by atoms with Gasteiger partial charge in [0.15, 0.2) is 0 Å². The largest absolute Gasteiger partial charge is 0.478 e. The van der Waals surface area contributed by atoms with E-state index in [4.69, 9.17) is 5.11 Å². The molecule has 0 unspecified atom stereocenters. The van der Waals surface area contributed by atoms with Crippen molar-refractivity contribution in [2.45, 2.75) is 0 Å². The van der Waals surface area contributed by atoms with Gasteiger partial charge in [0.2, 0.25) is 0 Å². The Labute approximate surface area is 92.6 Å². The lowest BCUT2D eigenvalue weighted by molar-refractivity contribution is 0.0697. The predicted octanol–water partition coefficient (Wildman–Crippen LogP) is 2.52. The van der Waals surface area contributed by atoms with Gasteiger partial charge in [-0.3, -0.25) is 4.98 Å². The third-order valence-corrected chi connectivity index (χ3v) is 2.10. The summed E-state index contributed by atoms with van der Waals surface area (Å²) in [5.41, 5.74) is 2.04. The van der Waals surface area contributed by atoms with Gasteiger partial charge in [-0.1, -0.05) is 0 Å². The van der Waals surface area contributed by atoms with Crippen molar-refractivity contribution in [3.05, 3.63) is 54.4 Å². The van der Waals surface area contributed by atoms with E-state index < -0.39 is 5.97 Å². The summed E-state index contributed by atoms with van der Waals surface area (Å²) in [6.45, 7) is 0. The number of anilines is 2. The van der Waals surface area contributed by atoms with Crippen molar-refractivity contribution in [2.75, 3.05) is 5.32 Å². The highest BCUT2D eigenvalue weighted by molar-refractivity contribution is 5.88. The molecule has 2 N–H and O–H groups in total. The highest BCUT2D eigenvalue weighted by Gasteiger charge is 2.01. The van der Waals surface area contributed by atoms with Crippen LogP contribution in [0.3, 0.4) is 0 Å². The van der Waals surface area contributed by atoms with Gasteiger partial charge >= 0.3 is 5.97 Å². The van der Waals surface area contributed by atoms with Gasteiger partial charge in [-0.15, -0.1) is 0 Å². The van der Waals surface area contributed by atoms with Gasteiger partial charge < -0.3 is 10.4 Å². The molecule has 1 heterocycles. The summed E-state index contributed by atoms with van der Waals surface area (Å²) in [4.78, 5) is 14.5. The number of hydrogen-bond acceptors (Lipinski definition) is 3. The lowest BCUT2D eigenvalue weighted by Gasteiger charge is -2.05. The molecule has 0 saturated heterocycles. The predicted molar refractivity (Wildman–Crippen MR) is 60.9 cm³/mol. The number of carbonyl (C=O) groups is 1. The average Bonchev–Trinajstić information content (AvgIpc) is 2.31. The number of aromatic nitrogens is 1. The van der Waals surface area contributed by atoms with Crippen LogP contribution < -0.4 is 5.32 Å². The Balaban J connectivity index is 2.14. The van der Waals surface area contributed by atoms with Crippen molar-refractivity contribution in [3.63, 3.8) is 0 Å². The van der Waals surface area contributed by atoms with Gasteiger partial charge in [0.25, 0.3) is 0 Å². The molecule has 2 aromatic rings. The molecule has 80 valence electrons. The molecule has 4 heteroatoms. The summed E-state index contributed by atoms with van der Waals surface area (Å²) in [5, 5.41) is 11.9. The Morgan fingerprint density at radius 2 is 1.56 bits per heavy atom. The third kappa shape index (κ3) is 2.36. The number of aromatic carboxylic acids is 1. The maximum Gasteiger partial charge on any atom is 0.335 e. The molecule has 1 aromatic heterocycles. The number of carboxylic acid groups (broad SMARTS) is 1. The lowest BCUT2D eigenvalue weighted by atomic mass is 10.2. The molecule has 0 amide bonds. The van der Waals surface area contributed by atoms with Crippen molar-refractivity contribution < 1.29 is 9.90 Å². The molecule has 0 spiro atoms. The van der Waals surface area contributed by atoms with Crippen molar-refractivity contribution >= 4 is 17.3 Å². The van der Waals surface area contributed by atoms with Crippen LogP contribution in [0.2, 0.25) is 0 Å². The monoisotopic (exact) mass is 214 g/mol. The minimum atomic E-state index is -0.921. The topological polar surface area (TPSA) is 62.2 Å². The van der Waals surface area contributed by atoms with Gasteiger partial charge in [-0.2, -0.15) is 0 Å². The van der Waals surface area contributed by atoms with Crippen molar-refractivity contribution in [3.8, 4) is 0 Å². The van der Waals surface area contributed by atoms with Crippen LogP contribution in [0, 0.1) is 0 Å². The maximum absolute atomic E-state index is 10.6. The Kier molecular flexibility index (Phi) is 2.82. The van der Waals surface area contributed by atoms with Crippen molar-refractivity contribution in [1.29, 1.82) is 0 Å². The van der Waals surface area contributed by atoms with Crippen molar-refractivity contribution in [1.82, 2.24) is 4.98 Å². The minimum Gasteiger partial charge on any atom is -0.478 e. The van der Waals surface area contributed by atoms with Crippen LogP contribution >= 0.6 is 0 Å². The van der Waals surface area contributed by atoms with Crippen LogP contribution in [0.15, 0.2) is 48.8 Å². The highest BCUT2D eigenvalue weighted by Crippen LogP contribution is 2.15. The lowest BCUT2D eigenvalue weighted by Crippen LogP contribution is -1.96. The Morgan fingerprint density at radius 1 is 1.00 bits per heavy atom. The molecule has 16 heavy (non-hydrogen) atoms. The number of hydrogen-bond donors (Lipinski definition) is 2. The third-order valence-electron chi connectivity index (χ3n) is 2.10. The maximum atomic E-state index is 10.6. The second-order valence-electron chi connectivity index (χ2n) is 3.24. The summed E-state index contributed by atoms with van der Waals surface area (Å²) >= 11 is 0. The van der Waals surface area contributed by atoms with Crippen LogP contribution in [0.1, 0.15) is 10.4 Å². The van der Waals surface area contributed by atoms with E-state index in [2.05, 4.69) is 10.3 Å². The zero-order valence-electron chi connectivity index (χ0n) is 8.42. The van der Waals surface area contributed by atoms with Crippen LogP contribution in [-0.4, -0.2) is 16.1 Å². The molecule has 0 saturated carbocycles. The number of carboxylic acids is 1. The van der Waals surface area contributed by atoms with Gasteiger partial charge in [0, 0.05) is 23.8 Å². The fourth-order valence-electron chi connectivity index (χ4n) is 1.30. The van der Waals surface area contributed by atoms with Gasteiger partial charge in [0.05, 0.1) is 5.56 Å². The smallest absolute Gasteiger partial charge is 0.335 e. The number of nitrogens with one attached hydrogen (secondary N) is 1. The Morgan fingerprint density at radius 3 is 2.12 bits per heavy atom. The minimum absolute atomic E-state index is 0.278. The first-order chi connectivity index (χ1) is 7.75. The quantitative estimate of drug-likeness (QED) is 0.824. The van der Waals surface area contributed by atoms with Gasteiger partial charge in [-0.05, 0) is 36.4 Å². The summed E-state index contributed by atoms with van der Waals surface area (Å²) in [7, 11) is 0. The fourth-order valence-corrected chi connectivity index (χ4v) is 1.30. The molecule has 0 bridgehead atoms. The van der Waals surface area contributed by atoms with E-state index >= 15 is 0 Å². The summed E-state index contributed by atoms with van der Waals surface area (Å²) in [6.07, 6.45) is 3.38. The zero-order valence-corrected chi connectivity index (χ0v) is 8.42.